The standard InChI is InChI=1S/C13H16N2O2/c1-15-12-3-2-9(6-10(12)8-14-15)13-7-11(16)4-5-17-13/h2-3,6,8,11,13,16H,4-5,7H2,1H3. The van der Waals surface area contributed by atoms with Gasteiger partial charge in [0.15, 0.2) is 0 Å². The number of hydrogen-bond donors (Lipinski definition) is 1. The van der Waals surface area contributed by atoms with Crippen molar-refractivity contribution >= 4 is 10.9 Å². The lowest BCUT2D eigenvalue weighted by molar-refractivity contribution is -0.0447. The summed E-state index contributed by atoms with van der Waals surface area (Å²) in [6, 6.07) is 6.22. The minimum atomic E-state index is -0.238. The van der Waals surface area contributed by atoms with Crippen LogP contribution in [0.4, 0.5) is 0 Å². The first kappa shape index (κ1) is 10.7. The second kappa shape index (κ2) is 4.13. The van der Waals surface area contributed by atoms with Crippen LogP contribution in [0.15, 0.2) is 24.4 Å². The summed E-state index contributed by atoms with van der Waals surface area (Å²) in [5, 5.41) is 15.0. The maximum Gasteiger partial charge on any atom is 0.0849 e. The van der Waals surface area contributed by atoms with Crippen LogP contribution in [0.2, 0.25) is 0 Å². The zero-order valence-corrected chi connectivity index (χ0v) is 9.84. The molecule has 2 atom stereocenters. The molecule has 1 aromatic carbocycles. The highest BCUT2D eigenvalue weighted by molar-refractivity contribution is 5.79. The third-order valence-electron chi connectivity index (χ3n) is 3.40. The van der Waals surface area contributed by atoms with Gasteiger partial charge in [-0.05, 0) is 24.1 Å². The molecule has 0 aliphatic carbocycles. The molecular formula is C13H16N2O2. The average Bonchev–Trinajstić information content (AvgIpc) is 2.71. The van der Waals surface area contributed by atoms with E-state index in [2.05, 4.69) is 23.3 Å². The molecule has 0 bridgehead atoms. The molecular weight excluding hydrogens is 216 g/mol. The van der Waals surface area contributed by atoms with Crippen LogP contribution in [0.1, 0.15) is 24.5 Å². The second-order valence-electron chi connectivity index (χ2n) is 4.62. The van der Waals surface area contributed by atoms with Crippen molar-refractivity contribution in [2.24, 2.45) is 7.05 Å². The molecule has 0 saturated carbocycles. The summed E-state index contributed by atoms with van der Waals surface area (Å²) in [7, 11) is 1.93. The lowest BCUT2D eigenvalue weighted by Gasteiger charge is -2.26. The quantitative estimate of drug-likeness (QED) is 0.815. The molecule has 0 amide bonds. The Bertz CT molecular complexity index is 535. The highest BCUT2D eigenvalue weighted by Gasteiger charge is 2.22. The van der Waals surface area contributed by atoms with Crippen LogP contribution in [0.3, 0.4) is 0 Å². The third kappa shape index (κ3) is 1.94. The Hall–Kier alpha value is -1.39. The predicted molar refractivity (Wildman–Crippen MR) is 64.6 cm³/mol. The van der Waals surface area contributed by atoms with E-state index in [-0.39, 0.29) is 12.2 Å². The van der Waals surface area contributed by atoms with Crippen molar-refractivity contribution < 1.29 is 9.84 Å². The molecule has 4 heteroatoms. The van der Waals surface area contributed by atoms with Crippen LogP contribution < -0.4 is 0 Å². The maximum atomic E-state index is 9.66. The molecule has 0 spiro atoms. The van der Waals surface area contributed by atoms with Gasteiger partial charge < -0.3 is 9.84 Å². The van der Waals surface area contributed by atoms with Crippen LogP contribution in [-0.2, 0) is 11.8 Å². The normalized spacial score (nSPS) is 25.3. The van der Waals surface area contributed by atoms with Crippen LogP contribution >= 0.6 is 0 Å². The molecule has 2 aromatic rings. The topological polar surface area (TPSA) is 47.3 Å². The molecule has 2 unspecified atom stereocenters. The van der Waals surface area contributed by atoms with Gasteiger partial charge in [-0.2, -0.15) is 5.10 Å². The van der Waals surface area contributed by atoms with Gasteiger partial charge in [-0.1, -0.05) is 6.07 Å². The molecule has 2 heterocycles. The zero-order chi connectivity index (χ0) is 11.8. The number of aryl methyl sites for hydroxylation is 1. The monoisotopic (exact) mass is 232 g/mol. The summed E-state index contributed by atoms with van der Waals surface area (Å²) < 4.78 is 7.56. The summed E-state index contributed by atoms with van der Waals surface area (Å²) in [5.74, 6) is 0. The van der Waals surface area contributed by atoms with E-state index < -0.39 is 0 Å². The first-order valence-corrected chi connectivity index (χ1v) is 5.95. The van der Waals surface area contributed by atoms with Crippen molar-refractivity contribution in [1.82, 2.24) is 9.78 Å². The number of hydrogen-bond acceptors (Lipinski definition) is 3. The number of nitrogens with zero attached hydrogens (tertiary/aromatic N) is 2. The van der Waals surface area contributed by atoms with E-state index in [9.17, 15) is 5.11 Å². The average molecular weight is 232 g/mol. The number of aliphatic hydroxyl groups excluding tert-OH is 1. The van der Waals surface area contributed by atoms with Gasteiger partial charge in [0.2, 0.25) is 0 Å². The number of ether oxygens (including phenoxy) is 1. The Morgan fingerprint density at radius 2 is 2.35 bits per heavy atom. The third-order valence-corrected chi connectivity index (χ3v) is 3.40. The minimum absolute atomic E-state index is 0.0170. The number of benzene rings is 1. The number of rotatable bonds is 1. The van der Waals surface area contributed by atoms with Crippen LogP contribution in [0, 0.1) is 0 Å². The smallest absolute Gasteiger partial charge is 0.0849 e. The number of fused-ring (bicyclic) bond motifs is 1. The van der Waals surface area contributed by atoms with E-state index in [1.54, 1.807) is 0 Å². The fourth-order valence-corrected chi connectivity index (χ4v) is 2.39. The van der Waals surface area contributed by atoms with Crippen LogP contribution in [0.25, 0.3) is 10.9 Å². The van der Waals surface area contributed by atoms with Gasteiger partial charge in [-0.15, -0.1) is 0 Å². The van der Waals surface area contributed by atoms with Gasteiger partial charge in [-0.3, -0.25) is 4.68 Å². The molecule has 1 aliphatic heterocycles. The van der Waals surface area contributed by atoms with Gasteiger partial charge in [0.05, 0.1) is 23.9 Å². The van der Waals surface area contributed by atoms with Gasteiger partial charge in [0.1, 0.15) is 0 Å². The Balaban J connectivity index is 1.94. The maximum absolute atomic E-state index is 9.66. The molecule has 1 aromatic heterocycles. The number of aliphatic hydroxyl groups is 1. The van der Waals surface area contributed by atoms with E-state index in [0.717, 1.165) is 22.9 Å². The Labute approximate surface area is 99.8 Å². The largest absolute Gasteiger partial charge is 0.393 e. The molecule has 1 fully saturated rings. The molecule has 1 aliphatic rings. The lowest BCUT2D eigenvalue weighted by atomic mass is 9.98. The SMILES string of the molecule is Cn1ncc2cc(C3CC(O)CCO3)ccc21. The first-order chi connectivity index (χ1) is 8.24. The van der Waals surface area contributed by atoms with Gasteiger partial charge in [-0.25, -0.2) is 0 Å². The van der Waals surface area contributed by atoms with Crippen molar-refractivity contribution in [3.63, 3.8) is 0 Å². The van der Waals surface area contributed by atoms with Gasteiger partial charge in [0, 0.05) is 25.5 Å². The van der Waals surface area contributed by atoms with Crippen molar-refractivity contribution in [3.05, 3.63) is 30.0 Å². The van der Waals surface area contributed by atoms with Crippen LogP contribution in [0.5, 0.6) is 0 Å². The summed E-state index contributed by atoms with van der Waals surface area (Å²) >= 11 is 0. The molecule has 90 valence electrons. The van der Waals surface area contributed by atoms with E-state index in [0.29, 0.717) is 13.0 Å². The summed E-state index contributed by atoms with van der Waals surface area (Å²) in [6.07, 6.45) is 3.07. The zero-order valence-electron chi connectivity index (χ0n) is 9.84. The Kier molecular flexibility index (Phi) is 2.61. The Morgan fingerprint density at radius 3 is 3.18 bits per heavy atom. The molecule has 1 saturated heterocycles. The predicted octanol–water partition coefficient (Wildman–Crippen LogP) is 1.79. The first-order valence-electron chi connectivity index (χ1n) is 5.95. The fraction of sp³-hybridized carbons (Fsp3) is 0.462. The van der Waals surface area contributed by atoms with Crippen molar-refractivity contribution in [2.75, 3.05) is 6.61 Å². The van der Waals surface area contributed by atoms with E-state index >= 15 is 0 Å². The van der Waals surface area contributed by atoms with Crippen molar-refractivity contribution in [1.29, 1.82) is 0 Å². The van der Waals surface area contributed by atoms with Crippen molar-refractivity contribution in [2.45, 2.75) is 25.0 Å². The summed E-state index contributed by atoms with van der Waals surface area (Å²) in [6.45, 7) is 0.636. The Morgan fingerprint density at radius 1 is 1.47 bits per heavy atom. The highest BCUT2D eigenvalue weighted by Crippen LogP contribution is 2.29. The highest BCUT2D eigenvalue weighted by atomic mass is 16.5. The van der Waals surface area contributed by atoms with E-state index in [1.165, 1.54) is 0 Å². The number of aromatic nitrogens is 2. The molecule has 0 radical (unpaired) electrons. The van der Waals surface area contributed by atoms with Gasteiger partial charge >= 0.3 is 0 Å². The fourth-order valence-electron chi connectivity index (χ4n) is 2.39. The summed E-state index contributed by atoms with van der Waals surface area (Å²) in [4.78, 5) is 0. The molecule has 3 rings (SSSR count). The van der Waals surface area contributed by atoms with E-state index in [1.807, 2.05) is 17.9 Å². The molecule has 1 N–H and O–H groups in total. The molecule has 17 heavy (non-hydrogen) atoms. The second-order valence-corrected chi connectivity index (χ2v) is 4.62. The minimum Gasteiger partial charge on any atom is -0.393 e. The summed E-state index contributed by atoms with van der Waals surface area (Å²) in [5.41, 5.74) is 2.24. The van der Waals surface area contributed by atoms with E-state index in [4.69, 9.17) is 4.74 Å². The van der Waals surface area contributed by atoms with Crippen LogP contribution in [-0.4, -0.2) is 27.6 Å². The molecule has 4 nitrogen and oxygen atoms in total. The van der Waals surface area contributed by atoms with Crippen molar-refractivity contribution in [3.8, 4) is 0 Å². The lowest BCUT2D eigenvalue weighted by Crippen LogP contribution is -2.23. The van der Waals surface area contributed by atoms with Gasteiger partial charge in [0.25, 0.3) is 0 Å².